The Hall–Kier alpha value is -0.940. The Balaban J connectivity index is 2.11. The van der Waals surface area contributed by atoms with Gasteiger partial charge < -0.3 is 9.84 Å². The molecule has 18 heavy (non-hydrogen) atoms. The van der Waals surface area contributed by atoms with E-state index in [1.807, 2.05) is 0 Å². The molecule has 4 nitrogen and oxygen atoms in total. The van der Waals surface area contributed by atoms with Crippen LogP contribution in [0, 0.1) is 0 Å². The number of unbranched alkanes of at least 4 members (excludes halogenated alkanes) is 5. The van der Waals surface area contributed by atoms with E-state index < -0.39 is 0 Å². The molecule has 1 rings (SSSR count). The molecule has 0 amide bonds. The minimum atomic E-state index is 0.0385. The molecule has 0 saturated carbocycles. The van der Waals surface area contributed by atoms with Crippen LogP contribution in [0.4, 0.5) is 0 Å². The van der Waals surface area contributed by atoms with Crippen LogP contribution in [0.25, 0.3) is 0 Å². The summed E-state index contributed by atoms with van der Waals surface area (Å²) in [6, 6.07) is 1.67. The van der Waals surface area contributed by atoms with E-state index in [4.69, 9.17) is 4.74 Å². The predicted octanol–water partition coefficient (Wildman–Crippen LogP) is 3.33. The quantitative estimate of drug-likeness (QED) is 0.432. The van der Waals surface area contributed by atoms with Crippen molar-refractivity contribution < 1.29 is 9.84 Å². The van der Waals surface area contributed by atoms with E-state index in [9.17, 15) is 5.11 Å². The number of thiol groups is 1. The van der Waals surface area contributed by atoms with Gasteiger partial charge in [-0.05, 0) is 12.2 Å². The highest BCUT2D eigenvalue weighted by molar-refractivity contribution is 7.98. The fourth-order valence-corrected chi connectivity index (χ4v) is 2.29. The lowest BCUT2D eigenvalue weighted by molar-refractivity contribution is 0.393. The summed E-state index contributed by atoms with van der Waals surface area (Å²) in [5.74, 6) is 1.47. The molecule has 1 aromatic rings. The molecular weight excluding hydrogens is 248 g/mol. The van der Waals surface area contributed by atoms with Crippen LogP contribution in [-0.4, -0.2) is 26.3 Å². The molecule has 0 unspecified atom stereocenters. The van der Waals surface area contributed by atoms with E-state index in [0.29, 0.717) is 5.75 Å². The summed E-state index contributed by atoms with van der Waals surface area (Å²) >= 11 is 0.841. The number of aliphatic hydroxyl groups is 1. The van der Waals surface area contributed by atoms with Gasteiger partial charge in [-0.3, -0.25) is 0 Å². The Morgan fingerprint density at radius 3 is 2.72 bits per heavy atom. The van der Waals surface area contributed by atoms with Crippen molar-refractivity contribution in [3.05, 3.63) is 18.5 Å². The highest BCUT2D eigenvalue weighted by Gasteiger charge is 1.96. The first kappa shape index (κ1) is 15.1. The summed E-state index contributed by atoms with van der Waals surface area (Å²) < 4.78 is 5.22. The Morgan fingerprint density at radius 1 is 1.22 bits per heavy atom. The Morgan fingerprint density at radius 2 is 2.00 bits per heavy atom. The highest BCUT2D eigenvalue weighted by atomic mass is 32.1. The van der Waals surface area contributed by atoms with Crippen LogP contribution in [0.2, 0.25) is 0 Å². The van der Waals surface area contributed by atoms with Crippen molar-refractivity contribution in [3.8, 4) is 5.75 Å². The summed E-state index contributed by atoms with van der Waals surface area (Å²) in [5.41, 5.74) is 0. The number of hydrogen-bond acceptors (Lipinski definition) is 3. The molecule has 0 atom stereocenters. The monoisotopic (exact) mass is 270 g/mol. The zero-order valence-electron chi connectivity index (χ0n) is 10.9. The minimum absolute atomic E-state index is 0.0385. The van der Waals surface area contributed by atoms with Crippen LogP contribution in [0.1, 0.15) is 45.4 Å². The normalized spacial score (nSPS) is 12.0. The van der Waals surface area contributed by atoms with E-state index >= 15 is 0 Å². The van der Waals surface area contributed by atoms with E-state index in [2.05, 4.69) is 17.1 Å². The summed E-state index contributed by atoms with van der Waals surface area (Å²) in [6.45, 7) is 2.22. The SMILES string of the molecule is CCCCCCCC[SH]=C(O)Oc1ccnnc1. The number of aromatic nitrogens is 2. The highest BCUT2D eigenvalue weighted by Crippen LogP contribution is 2.09. The number of aliphatic hydroxyl groups excluding tert-OH is 1. The van der Waals surface area contributed by atoms with Gasteiger partial charge in [0.2, 0.25) is 0 Å². The standard InChI is InChI=1S/C13H22N2O2S/c1-2-3-4-5-6-7-10-18-13(16)17-12-8-9-14-15-11-12/h8-9,11,16,18H,2-7,10H2,1H3. The van der Waals surface area contributed by atoms with Crippen molar-refractivity contribution in [1.29, 1.82) is 0 Å². The molecule has 0 aliphatic carbocycles. The molecule has 0 radical (unpaired) electrons. The Labute approximate surface area is 112 Å². The largest absolute Gasteiger partial charge is 0.429 e. The average molecular weight is 270 g/mol. The summed E-state index contributed by atoms with van der Waals surface area (Å²) in [5, 5.41) is 16.9. The van der Waals surface area contributed by atoms with Crippen molar-refractivity contribution in [3.63, 3.8) is 0 Å². The molecule has 0 saturated heterocycles. The van der Waals surface area contributed by atoms with Crippen molar-refractivity contribution in [2.45, 2.75) is 45.4 Å². The molecule has 1 heterocycles. The fraction of sp³-hybridized carbons (Fsp3) is 0.615. The molecular formula is C13H22N2O2S. The summed E-state index contributed by atoms with van der Waals surface area (Å²) in [4.78, 5) is 0. The lowest BCUT2D eigenvalue weighted by Gasteiger charge is -2.03. The van der Waals surface area contributed by atoms with Crippen molar-refractivity contribution >= 4 is 16.6 Å². The second-order valence-electron chi connectivity index (χ2n) is 4.11. The van der Waals surface area contributed by atoms with Crippen LogP contribution >= 0.6 is 11.4 Å². The molecule has 0 spiro atoms. The van der Waals surface area contributed by atoms with Gasteiger partial charge in [0, 0.05) is 6.07 Å². The van der Waals surface area contributed by atoms with E-state index in [1.54, 1.807) is 6.07 Å². The topological polar surface area (TPSA) is 55.2 Å². The van der Waals surface area contributed by atoms with Gasteiger partial charge in [0.05, 0.1) is 12.4 Å². The number of ether oxygens (including phenoxy) is 1. The second-order valence-corrected chi connectivity index (χ2v) is 5.26. The lowest BCUT2D eigenvalue weighted by Crippen LogP contribution is -2.05. The number of hydrogen-bond donors (Lipinski definition) is 2. The molecule has 0 aromatic carbocycles. The molecule has 1 aromatic heterocycles. The third-order valence-corrected chi connectivity index (χ3v) is 3.43. The first-order valence-corrected chi connectivity index (χ1v) is 7.59. The van der Waals surface area contributed by atoms with Gasteiger partial charge in [-0.1, -0.05) is 39.0 Å². The van der Waals surface area contributed by atoms with Crippen LogP contribution in [-0.2, 0) is 0 Å². The predicted molar refractivity (Wildman–Crippen MR) is 77.5 cm³/mol. The van der Waals surface area contributed by atoms with Gasteiger partial charge in [-0.2, -0.15) is 10.2 Å². The fourth-order valence-electron chi connectivity index (χ4n) is 1.54. The maximum atomic E-state index is 9.58. The molecule has 102 valence electrons. The first-order valence-electron chi connectivity index (χ1n) is 6.51. The van der Waals surface area contributed by atoms with Gasteiger partial charge >= 0.3 is 0 Å². The van der Waals surface area contributed by atoms with E-state index in [1.165, 1.54) is 44.5 Å². The molecule has 0 bridgehead atoms. The maximum absolute atomic E-state index is 9.58. The van der Waals surface area contributed by atoms with Crippen LogP contribution < -0.4 is 4.74 Å². The Bertz CT molecular complexity index is 344. The van der Waals surface area contributed by atoms with Gasteiger partial charge in [0.1, 0.15) is 0 Å². The van der Waals surface area contributed by atoms with Gasteiger partial charge in [0.15, 0.2) is 5.75 Å². The zero-order chi connectivity index (χ0) is 13.1. The third kappa shape index (κ3) is 7.40. The van der Waals surface area contributed by atoms with Crippen LogP contribution in [0.5, 0.6) is 5.75 Å². The summed E-state index contributed by atoms with van der Waals surface area (Å²) in [6.07, 6.45) is 10.6. The van der Waals surface area contributed by atoms with Gasteiger partial charge in [0.25, 0.3) is 5.24 Å². The van der Waals surface area contributed by atoms with E-state index in [-0.39, 0.29) is 5.24 Å². The third-order valence-electron chi connectivity index (χ3n) is 2.52. The van der Waals surface area contributed by atoms with Crippen LogP contribution in [0.3, 0.4) is 0 Å². The zero-order valence-corrected chi connectivity index (χ0v) is 11.8. The maximum Gasteiger partial charge on any atom is 0.258 e. The smallest absolute Gasteiger partial charge is 0.258 e. The second kappa shape index (κ2) is 10.0. The Kier molecular flexibility index (Phi) is 8.42. The molecule has 0 aliphatic heterocycles. The first-order chi connectivity index (χ1) is 8.83. The number of rotatable bonds is 8. The van der Waals surface area contributed by atoms with Gasteiger partial charge in [-0.15, -0.1) is 11.4 Å². The lowest BCUT2D eigenvalue weighted by atomic mass is 10.1. The minimum Gasteiger partial charge on any atom is -0.429 e. The van der Waals surface area contributed by atoms with Crippen molar-refractivity contribution in [2.75, 3.05) is 5.75 Å². The van der Waals surface area contributed by atoms with Crippen LogP contribution in [0.15, 0.2) is 18.5 Å². The van der Waals surface area contributed by atoms with Gasteiger partial charge in [-0.25, -0.2) is 0 Å². The molecule has 0 fully saturated rings. The van der Waals surface area contributed by atoms with Crippen molar-refractivity contribution in [2.24, 2.45) is 0 Å². The average Bonchev–Trinajstić information content (AvgIpc) is 2.39. The molecule has 5 heteroatoms. The van der Waals surface area contributed by atoms with Crippen molar-refractivity contribution in [1.82, 2.24) is 10.2 Å². The number of nitrogens with zero attached hydrogens (tertiary/aromatic N) is 2. The molecule has 0 aliphatic rings. The molecule has 1 N–H and O–H groups in total. The van der Waals surface area contributed by atoms with E-state index in [0.717, 1.165) is 23.5 Å². The summed E-state index contributed by atoms with van der Waals surface area (Å²) in [7, 11) is 0.